The summed E-state index contributed by atoms with van der Waals surface area (Å²) in [5, 5.41) is 3.24. The highest BCUT2D eigenvalue weighted by Crippen LogP contribution is 2.29. The van der Waals surface area contributed by atoms with Crippen LogP contribution in [0.4, 0.5) is 14.5 Å². The lowest BCUT2D eigenvalue weighted by Gasteiger charge is -2.07. The molecule has 6 heteroatoms. The van der Waals surface area contributed by atoms with E-state index in [9.17, 15) is 8.78 Å². The van der Waals surface area contributed by atoms with E-state index in [1.807, 2.05) is 0 Å². The van der Waals surface area contributed by atoms with E-state index in [1.54, 1.807) is 13.0 Å². The number of rotatable bonds is 3. The molecule has 14 heavy (non-hydrogen) atoms. The molecule has 0 saturated heterocycles. The Morgan fingerprint density at radius 1 is 1.50 bits per heavy atom. The van der Waals surface area contributed by atoms with E-state index in [0.29, 0.717) is 0 Å². The summed E-state index contributed by atoms with van der Waals surface area (Å²) < 4.78 is 27.9. The zero-order valence-corrected chi connectivity index (χ0v) is 7.32. The minimum absolute atomic E-state index is 0.0628. The maximum atomic E-state index is 11.9. The Morgan fingerprint density at radius 2 is 2.21 bits per heavy atom. The molecule has 1 aromatic rings. The van der Waals surface area contributed by atoms with Gasteiger partial charge in [0.1, 0.15) is 5.75 Å². The van der Waals surface area contributed by atoms with Crippen molar-refractivity contribution >= 4 is 5.69 Å². The average Bonchev–Trinajstić information content (AvgIpc) is 2.09. The number of ether oxygens (including phenoxy) is 1. The molecule has 1 rings (SSSR count). The molecule has 1 aromatic carbocycles. The molecule has 4 nitrogen and oxygen atoms in total. The molecule has 0 aliphatic rings. The average molecular weight is 199 g/mol. The van der Waals surface area contributed by atoms with Gasteiger partial charge in [0.25, 0.3) is 0 Å². The van der Waals surface area contributed by atoms with Crippen LogP contribution < -0.4 is 4.74 Å². The minimum atomic E-state index is -2.93. The zero-order valence-electron chi connectivity index (χ0n) is 7.32. The molecule has 0 bridgehead atoms. The Hall–Kier alpha value is -1.81. The van der Waals surface area contributed by atoms with Gasteiger partial charge in [0.15, 0.2) is 0 Å². The maximum absolute atomic E-state index is 11.9. The highest BCUT2D eigenvalue weighted by atomic mass is 19.3. The summed E-state index contributed by atoms with van der Waals surface area (Å²) in [5.41, 5.74) is 9.05. The predicted octanol–water partition coefficient (Wildman–Crippen LogP) is 3.54. The summed E-state index contributed by atoms with van der Waals surface area (Å²) in [6.45, 7) is -1.17. The number of halogens is 2. The molecule has 0 saturated carbocycles. The van der Waals surface area contributed by atoms with Crippen LogP contribution in [0.1, 0.15) is 5.56 Å². The zero-order chi connectivity index (χ0) is 10.6. The summed E-state index contributed by atoms with van der Waals surface area (Å²) in [6.07, 6.45) is 0. The van der Waals surface area contributed by atoms with E-state index in [4.69, 9.17) is 5.53 Å². The number of azide groups is 1. The van der Waals surface area contributed by atoms with Gasteiger partial charge in [0, 0.05) is 4.91 Å². The third kappa shape index (κ3) is 2.60. The third-order valence-corrected chi connectivity index (χ3v) is 1.48. The Bertz CT molecular complexity index is 375. The van der Waals surface area contributed by atoms with Crippen molar-refractivity contribution < 1.29 is 13.5 Å². The fourth-order valence-corrected chi connectivity index (χ4v) is 0.949. The molecule has 0 atom stereocenters. The fraction of sp³-hybridized carbons (Fsp3) is 0.250. The predicted molar refractivity (Wildman–Crippen MR) is 46.6 cm³/mol. The van der Waals surface area contributed by atoms with E-state index in [-0.39, 0.29) is 11.4 Å². The van der Waals surface area contributed by atoms with Crippen molar-refractivity contribution in [2.45, 2.75) is 13.5 Å². The first-order valence-corrected chi connectivity index (χ1v) is 3.74. The first-order valence-electron chi connectivity index (χ1n) is 3.74. The summed E-state index contributed by atoms with van der Waals surface area (Å²) in [7, 11) is 0. The standard InChI is InChI=1S/C8H7F2N3O/c1-5-2-3-7(14-8(9)10)6(4-5)12-13-11/h2-4,8H,1H3. The molecule has 0 spiro atoms. The highest BCUT2D eigenvalue weighted by molar-refractivity contribution is 5.53. The van der Waals surface area contributed by atoms with Crippen LogP contribution in [0.25, 0.3) is 10.4 Å². The molecule has 0 heterocycles. The number of benzene rings is 1. The van der Waals surface area contributed by atoms with Crippen LogP contribution in [0, 0.1) is 6.92 Å². The first kappa shape index (κ1) is 10.3. The number of hydrogen-bond donors (Lipinski definition) is 0. The van der Waals surface area contributed by atoms with E-state index >= 15 is 0 Å². The summed E-state index contributed by atoms with van der Waals surface area (Å²) in [5.74, 6) is -0.122. The number of alkyl halides is 2. The van der Waals surface area contributed by atoms with Crippen molar-refractivity contribution in [2.24, 2.45) is 5.11 Å². The summed E-state index contributed by atoms with van der Waals surface area (Å²) in [6, 6.07) is 4.40. The molecule has 0 aliphatic heterocycles. The Kier molecular flexibility index (Phi) is 3.25. The number of hydrogen-bond acceptors (Lipinski definition) is 2. The van der Waals surface area contributed by atoms with Gasteiger partial charge in [-0.3, -0.25) is 0 Å². The topological polar surface area (TPSA) is 58.0 Å². The van der Waals surface area contributed by atoms with Gasteiger partial charge in [-0.15, -0.1) is 0 Å². The Morgan fingerprint density at radius 3 is 2.79 bits per heavy atom. The molecular weight excluding hydrogens is 192 g/mol. The molecule has 0 amide bonds. The molecule has 74 valence electrons. The Labute approximate surface area is 78.7 Å². The lowest BCUT2D eigenvalue weighted by atomic mass is 10.2. The third-order valence-electron chi connectivity index (χ3n) is 1.48. The highest BCUT2D eigenvalue weighted by Gasteiger charge is 2.08. The van der Waals surface area contributed by atoms with E-state index in [2.05, 4.69) is 14.8 Å². The lowest BCUT2D eigenvalue weighted by Crippen LogP contribution is -2.01. The lowest BCUT2D eigenvalue weighted by molar-refractivity contribution is -0.0494. The van der Waals surface area contributed by atoms with Crippen LogP contribution in [0.3, 0.4) is 0 Å². The van der Waals surface area contributed by atoms with Crippen LogP contribution in [0.5, 0.6) is 5.75 Å². The van der Waals surface area contributed by atoms with Crippen LogP contribution in [0.2, 0.25) is 0 Å². The van der Waals surface area contributed by atoms with Crippen LogP contribution in [-0.4, -0.2) is 6.61 Å². The second-order valence-electron chi connectivity index (χ2n) is 2.54. The van der Waals surface area contributed by atoms with Crippen molar-refractivity contribution in [2.75, 3.05) is 0 Å². The molecular formula is C8H7F2N3O. The number of nitrogens with zero attached hydrogens (tertiary/aromatic N) is 3. The molecule has 0 fully saturated rings. The fourth-order valence-electron chi connectivity index (χ4n) is 0.949. The molecule has 0 aliphatic carbocycles. The minimum Gasteiger partial charge on any atom is -0.434 e. The largest absolute Gasteiger partial charge is 0.434 e. The van der Waals surface area contributed by atoms with Crippen molar-refractivity contribution in [3.8, 4) is 5.75 Å². The van der Waals surface area contributed by atoms with Gasteiger partial charge in [-0.2, -0.15) is 8.78 Å². The van der Waals surface area contributed by atoms with E-state index in [0.717, 1.165) is 5.56 Å². The van der Waals surface area contributed by atoms with Crippen molar-refractivity contribution in [1.29, 1.82) is 0 Å². The van der Waals surface area contributed by atoms with Gasteiger partial charge in [-0.25, -0.2) is 0 Å². The summed E-state index contributed by atoms with van der Waals surface area (Å²) >= 11 is 0. The van der Waals surface area contributed by atoms with Gasteiger partial charge in [-0.1, -0.05) is 16.7 Å². The van der Waals surface area contributed by atoms with Gasteiger partial charge >= 0.3 is 6.61 Å². The maximum Gasteiger partial charge on any atom is 0.387 e. The molecule has 0 N–H and O–H groups in total. The van der Waals surface area contributed by atoms with Gasteiger partial charge in [0.05, 0.1) is 5.69 Å². The van der Waals surface area contributed by atoms with E-state index in [1.165, 1.54) is 12.1 Å². The van der Waals surface area contributed by atoms with Gasteiger partial charge < -0.3 is 4.74 Å². The first-order chi connectivity index (χ1) is 6.63. The summed E-state index contributed by atoms with van der Waals surface area (Å²) in [4.78, 5) is 2.52. The van der Waals surface area contributed by atoms with Gasteiger partial charge in [-0.05, 0) is 24.6 Å². The monoisotopic (exact) mass is 199 g/mol. The van der Waals surface area contributed by atoms with Crippen LogP contribution in [0.15, 0.2) is 23.3 Å². The van der Waals surface area contributed by atoms with Gasteiger partial charge in [0.2, 0.25) is 0 Å². The smallest absolute Gasteiger partial charge is 0.387 e. The molecule has 0 unspecified atom stereocenters. The second-order valence-corrected chi connectivity index (χ2v) is 2.54. The van der Waals surface area contributed by atoms with Crippen LogP contribution >= 0.6 is 0 Å². The number of aryl methyl sites for hydroxylation is 1. The van der Waals surface area contributed by atoms with Crippen LogP contribution in [-0.2, 0) is 0 Å². The normalized spacial score (nSPS) is 9.71. The van der Waals surface area contributed by atoms with E-state index < -0.39 is 6.61 Å². The Balaban J connectivity index is 3.07. The van der Waals surface area contributed by atoms with Crippen molar-refractivity contribution in [3.05, 3.63) is 34.2 Å². The molecule has 0 aromatic heterocycles. The molecule has 0 radical (unpaired) electrons. The SMILES string of the molecule is Cc1ccc(OC(F)F)c(N=[N+]=[N-])c1. The quantitative estimate of drug-likeness (QED) is 0.417. The van der Waals surface area contributed by atoms with Crippen molar-refractivity contribution in [3.63, 3.8) is 0 Å². The van der Waals surface area contributed by atoms with Crippen molar-refractivity contribution in [1.82, 2.24) is 0 Å². The second kappa shape index (κ2) is 4.43.